The lowest BCUT2D eigenvalue weighted by molar-refractivity contribution is 0.0739. The fourth-order valence-electron chi connectivity index (χ4n) is 2.25. The summed E-state index contributed by atoms with van der Waals surface area (Å²) in [4.78, 5) is 12.9. The Morgan fingerprint density at radius 1 is 1.22 bits per heavy atom. The molecule has 0 amide bonds. The SMILES string of the molecule is CC(C)c1ccc(OC(=O)c2sc3ccccc3c2Cl)c(Br)c1. The second-order valence-corrected chi connectivity index (χ2v) is 7.76. The van der Waals surface area contributed by atoms with Crippen molar-refractivity contribution in [1.29, 1.82) is 0 Å². The first-order valence-corrected chi connectivity index (χ1v) is 9.14. The summed E-state index contributed by atoms with van der Waals surface area (Å²) in [5.41, 5.74) is 1.18. The summed E-state index contributed by atoms with van der Waals surface area (Å²) in [6.45, 7) is 4.23. The Labute approximate surface area is 152 Å². The van der Waals surface area contributed by atoms with Gasteiger partial charge in [-0.25, -0.2) is 4.79 Å². The van der Waals surface area contributed by atoms with Crippen molar-refractivity contribution in [2.45, 2.75) is 19.8 Å². The van der Waals surface area contributed by atoms with Crippen molar-refractivity contribution in [3.8, 4) is 5.75 Å². The first kappa shape index (κ1) is 16.5. The quantitative estimate of drug-likeness (QED) is 0.357. The van der Waals surface area contributed by atoms with E-state index in [1.807, 2.05) is 36.4 Å². The van der Waals surface area contributed by atoms with E-state index in [9.17, 15) is 4.79 Å². The zero-order valence-electron chi connectivity index (χ0n) is 12.6. The number of thiophene rings is 1. The molecule has 118 valence electrons. The van der Waals surface area contributed by atoms with E-state index in [0.29, 0.717) is 21.6 Å². The highest BCUT2D eigenvalue weighted by Gasteiger charge is 2.20. The number of carbonyl (C=O) groups is 1. The van der Waals surface area contributed by atoms with E-state index in [4.69, 9.17) is 16.3 Å². The normalized spacial score (nSPS) is 11.2. The van der Waals surface area contributed by atoms with Crippen LogP contribution in [0.3, 0.4) is 0 Å². The average Bonchev–Trinajstić information content (AvgIpc) is 2.87. The topological polar surface area (TPSA) is 26.3 Å². The number of carbonyl (C=O) groups excluding carboxylic acids is 1. The van der Waals surface area contributed by atoms with Gasteiger partial charge in [0.25, 0.3) is 0 Å². The van der Waals surface area contributed by atoms with E-state index in [2.05, 4.69) is 29.8 Å². The van der Waals surface area contributed by atoms with Gasteiger partial charge in [-0.05, 0) is 45.6 Å². The van der Waals surface area contributed by atoms with Crippen molar-refractivity contribution in [1.82, 2.24) is 0 Å². The van der Waals surface area contributed by atoms with Gasteiger partial charge in [0.2, 0.25) is 0 Å². The number of esters is 1. The van der Waals surface area contributed by atoms with E-state index in [1.165, 1.54) is 16.9 Å². The highest BCUT2D eigenvalue weighted by molar-refractivity contribution is 9.10. The van der Waals surface area contributed by atoms with Crippen LogP contribution in [0.1, 0.15) is 35.0 Å². The molecule has 0 aliphatic carbocycles. The third kappa shape index (κ3) is 3.30. The zero-order chi connectivity index (χ0) is 16.6. The summed E-state index contributed by atoms with van der Waals surface area (Å²) >= 11 is 11.1. The molecule has 0 bridgehead atoms. The van der Waals surface area contributed by atoms with Crippen LogP contribution in [0.2, 0.25) is 5.02 Å². The molecule has 0 spiro atoms. The molecule has 0 radical (unpaired) electrons. The molecular formula is C18H14BrClO2S. The average molecular weight is 410 g/mol. The molecule has 5 heteroatoms. The summed E-state index contributed by atoms with van der Waals surface area (Å²) in [6.07, 6.45) is 0. The molecule has 0 N–H and O–H groups in total. The molecule has 0 atom stereocenters. The second-order valence-electron chi connectivity index (χ2n) is 5.48. The van der Waals surface area contributed by atoms with Gasteiger partial charge in [-0.3, -0.25) is 0 Å². The molecule has 2 nitrogen and oxygen atoms in total. The van der Waals surface area contributed by atoms with Crippen LogP contribution in [0.4, 0.5) is 0 Å². The lowest BCUT2D eigenvalue weighted by Crippen LogP contribution is -2.07. The summed E-state index contributed by atoms with van der Waals surface area (Å²) in [5, 5.41) is 1.32. The Kier molecular flexibility index (Phi) is 4.76. The first-order valence-electron chi connectivity index (χ1n) is 7.16. The summed E-state index contributed by atoms with van der Waals surface area (Å²) in [5.74, 6) is 0.468. The Bertz CT molecular complexity index is 886. The smallest absolute Gasteiger partial charge is 0.355 e. The van der Waals surface area contributed by atoms with Gasteiger partial charge in [0, 0.05) is 10.1 Å². The molecule has 23 heavy (non-hydrogen) atoms. The molecule has 0 aliphatic rings. The van der Waals surface area contributed by atoms with E-state index < -0.39 is 5.97 Å². The zero-order valence-corrected chi connectivity index (χ0v) is 15.8. The summed E-state index contributed by atoms with van der Waals surface area (Å²) in [7, 11) is 0. The van der Waals surface area contributed by atoms with Crippen LogP contribution in [0.5, 0.6) is 5.75 Å². The summed E-state index contributed by atoms with van der Waals surface area (Å²) < 4.78 is 7.25. The van der Waals surface area contributed by atoms with Gasteiger partial charge in [0.1, 0.15) is 10.6 Å². The minimum atomic E-state index is -0.436. The monoisotopic (exact) mass is 408 g/mol. The Hall–Kier alpha value is -1.36. The lowest BCUT2D eigenvalue weighted by atomic mass is 10.0. The van der Waals surface area contributed by atoms with Crippen molar-refractivity contribution in [2.24, 2.45) is 0 Å². The number of rotatable bonds is 3. The highest BCUT2D eigenvalue weighted by Crippen LogP contribution is 2.36. The maximum atomic E-state index is 12.5. The third-order valence-corrected chi connectivity index (χ3v) is 5.82. The van der Waals surface area contributed by atoms with Crippen molar-refractivity contribution >= 4 is 54.9 Å². The van der Waals surface area contributed by atoms with E-state index in [0.717, 1.165) is 14.6 Å². The number of hydrogen-bond acceptors (Lipinski definition) is 3. The number of benzene rings is 2. The van der Waals surface area contributed by atoms with Crippen LogP contribution in [-0.4, -0.2) is 5.97 Å². The molecule has 2 aromatic carbocycles. The lowest BCUT2D eigenvalue weighted by Gasteiger charge is -2.10. The molecule has 0 saturated heterocycles. The maximum Gasteiger partial charge on any atom is 0.355 e. The molecule has 0 unspecified atom stereocenters. The van der Waals surface area contributed by atoms with Crippen LogP contribution in [-0.2, 0) is 0 Å². The van der Waals surface area contributed by atoms with Crippen molar-refractivity contribution in [3.63, 3.8) is 0 Å². The third-order valence-electron chi connectivity index (χ3n) is 3.55. The van der Waals surface area contributed by atoms with E-state index >= 15 is 0 Å². The van der Waals surface area contributed by atoms with Crippen LogP contribution < -0.4 is 4.74 Å². The van der Waals surface area contributed by atoms with E-state index in [1.54, 1.807) is 6.07 Å². The fraction of sp³-hybridized carbons (Fsp3) is 0.167. The molecule has 1 aromatic heterocycles. The van der Waals surface area contributed by atoms with Gasteiger partial charge < -0.3 is 4.74 Å². The fourth-order valence-corrected chi connectivity index (χ4v) is 4.11. The Morgan fingerprint density at radius 3 is 2.61 bits per heavy atom. The van der Waals surface area contributed by atoms with Gasteiger partial charge in [0.05, 0.1) is 9.50 Å². The van der Waals surface area contributed by atoms with Crippen LogP contribution in [0.15, 0.2) is 46.9 Å². The Morgan fingerprint density at radius 2 is 1.96 bits per heavy atom. The van der Waals surface area contributed by atoms with Crippen molar-refractivity contribution < 1.29 is 9.53 Å². The molecule has 3 rings (SSSR count). The van der Waals surface area contributed by atoms with Gasteiger partial charge >= 0.3 is 5.97 Å². The van der Waals surface area contributed by atoms with E-state index in [-0.39, 0.29) is 0 Å². The van der Waals surface area contributed by atoms with Gasteiger partial charge in [0.15, 0.2) is 0 Å². The van der Waals surface area contributed by atoms with Crippen LogP contribution in [0.25, 0.3) is 10.1 Å². The van der Waals surface area contributed by atoms with Gasteiger partial charge in [-0.1, -0.05) is 49.7 Å². The first-order chi connectivity index (χ1) is 11.0. The van der Waals surface area contributed by atoms with Crippen LogP contribution in [0, 0.1) is 0 Å². The maximum absolute atomic E-state index is 12.5. The highest BCUT2D eigenvalue weighted by atomic mass is 79.9. The number of hydrogen-bond donors (Lipinski definition) is 0. The largest absolute Gasteiger partial charge is 0.421 e. The molecule has 1 heterocycles. The molecule has 0 fully saturated rings. The van der Waals surface area contributed by atoms with Gasteiger partial charge in [-0.15, -0.1) is 11.3 Å². The standard InChI is InChI=1S/C18H14BrClO2S/c1-10(2)11-7-8-14(13(19)9-11)22-18(21)17-16(20)12-5-3-4-6-15(12)23-17/h3-10H,1-2H3. The predicted octanol–water partition coefficient (Wildman–Crippen LogP) is 6.66. The molecule has 3 aromatic rings. The van der Waals surface area contributed by atoms with Crippen molar-refractivity contribution in [2.75, 3.05) is 0 Å². The number of ether oxygens (including phenoxy) is 1. The molecular weight excluding hydrogens is 396 g/mol. The predicted molar refractivity (Wildman–Crippen MR) is 100 cm³/mol. The Balaban J connectivity index is 1.90. The second kappa shape index (κ2) is 6.63. The molecule has 0 aliphatic heterocycles. The van der Waals surface area contributed by atoms with Gasteiger partial charge in [-0.2, -0.15) is 0 Å². The number of halogens is 2. The summed E-state index contributed by atoms with van der Waals surface area (Å²) in [6, 6.07) is 13.4. The number of fused-ring (bicyclic) bond motifs is 1. The minimum absolute atomic E-state index is 0.410. The minimum Gasteiger partial charge on any atom is -0.421 e. The molecule has 0 saturated carbocycles. The van der Waals surface area contributed by atoms with Crippen molar-refractivity contribution in [3.05, 3.63) is 62.4 Å². The van der Waals surface area contributed by atoms with Crippen LogP contribution >= 0.6 is 38.9 Å².